The third-order valence-electron chi connectivity index (χ3n) is 4.51. The van der Waals surface area contributed by atoms with Gasteiger partial charge in [0.05, 0.1) is 5.69 Å². The van der Waals surface area contributed by atoms with Crippen molar-refractivity contribution in [1.82, 2.24) is 19.9 Å². The molecule has 0 radical (unpaired) electrons. The fraction of sp³-hybridized carbons (Fsp3) is 0.200. The van der Waals surface area contributed by atoms with E-state index in [0.29, 0.717) is 23.6 Å². The van der Waals surface area contributed by atoms with Gasteiger partial charge in [0.2, 0.25) is 6.41 Å². The number of nitrogens with two attached hydrogens (primary N) is 1. The molecule has 1 amide bonds. The van der Waals surface area contributed by atoms with Crippen molar-refractivity contribution in [3.63, 3.8) is 0 Å². The first-order valence-electron chi connectivity index (χ1n) is 10.8. The van der Waals surface area contributed by atoms with Crippen molar-refractivity contribution in [3.8, 4) is 22.4 Å². The van der Waals surface area contributed by atoms with E-state index in [1.807, 2.05) is 47.5 Å². The zero-order chi connectivity index (χ0) is 24.6. The lowest BCUT2D eigenvalue weighted by Crippen LogP contribution is -2.07. The van der Waals surface area contributed by atoms with Gasteiger partial charge in [-0.05, 0) is 49.0 Å². The largest absolute Gasteiger partial charge is 0.352 e. The van der Waals surface area contributed by atoms with E-state index in [1.165, 1.54) is 11.3 Å². The van der Waals surface area contributed by atoms with Gasteiger partial charge in [0.25, 0.3) is 0 Å². The van der Waals surface area contributed by atoms with Crippen molar-refractivity contribution >= 4 is 29.2 Å². The average Bonchev–Trinajstić information content (AvgIpc) is 3.55. The number of carbonyl (C=O) groups excluding carboxylic acids is 2. The van der Waals surface area contributed by atoms with Gasteiger partial charge in [-0.2, -0.15) is 0 Å². The Kier molecular flexibility index (Phi) is 11.9. The average molecular weight is 479 g/mol. The molecule has 0 fully saturated rings. The highest BCUT2D eigenvalue weighted by molar-refractivity contribution is 7.14. The number of nitrogens with zero attached hydrogens (tertiary/aromatic N) is 3. The van der Waals surface area contributed by atoms with E-state index in [2.05, 4.69) is 39.7 Å². The van der Waals surface area contributed by atoms with Crippen LogP contribution in [0.4, 0.5) is 5.13 Å². The summed E-state index contributed by atoms with van der Waals surface area (Å²) in [6.07, 6.45) is 8.63. The van der Waals surface area contributed by atoms with Gasteiger partial charge in [-0.3, -0.25) is 14.6 Å². The Bertz CT molecular complexity index is 1130. The van der Waals surface area contributed by atoms with Crippen molar-refractivity contribution in [2.45, 2.75) is 13.5 Å². The van der Waals surface area contributed by atoms with E-state index >= 15 is 0 Å². The SMILES string of the molecule is CCNC.NCCn1ccc(C=O)c1.O=CNc1nc(-c2cccc(-c3ccncc3)c2)cs1. The highest BCUT2D eigenvalue weighted by Gasteiger charge is 2.05. The number of aromatic nitrogens is 3. The summed E-state index contributed by atoms with van der Waals surface area (Å²) in [4.78, 5) is 29.0. The highest BCUT2D eigenvalue weighted by atomic mass is 32.1. The van der Waals surface area contributed by atoms with E-state index in [4.69, 9.17) is 5.73 Å². The van der Waals surface area contributed by atoms with Crippen LogP contribution < -0.4 is 16.4 Å². The predicted molar refractivity (Wildman–Crippen MR) is 139 cm³/mol. The number of aldehydes is 1. The number of hydrogen-bond donors (Lipinski definition) is 3. The number of anilines is 1. The second-order valence-electron chi connectivity index (χ2n) is 6.91. The summed E-state index contributed by atoms with van der Waals surface area (Å²) in [5.41, 5.74) is 10.1. The molecule has 8 nitrogen and oxygen atoms in total. The zero-order valence-electron chi connectivity index (χ0n) is 19.3. The van der Waals surface area contributed by atoms with Crippen LogP contribution in [0.1, 0.15) is 17.3 Å². The van der Waals surface area contributed by atoms with Gasteiger partial charge in [0.1, 0.15) is 0 Å². The lowest BCUT2D eigenvalue weighted by Gasteiger charge is -2.03. The van der Waals surface area contributed by atoms with Crippen LogP contribution in [0, 0.1) is 0 Å². The lowest BCUT2D eigenvalue weighted by molar-refractivity contribution is -0.105. The number of hydrogen-bond acceptors (Lipinski definition) is 7. The molecule has 0 bridgehead atoms. The second kappa shape index (κ2) is 15.2. The lowest BCUT2D eigenvalue weighted by atomic mass is 10.0. The minimum atomic E-state index is 0.601. The van der Waals surface area contributed by atoms with E-state index in [0.717, 1.165) is 41.8 Å². The van der Waals surface area contributed by atoms with Crippen LogP contribution in [-0.4, -0.2) is 47.4 Å². The number of rotatable bonds is 8. The number of nitrogens with one attached hydrogen (secondary N) is 2. The van der Waals surface area contributed by atoms with Crippen LogP contribution in [0.5, 0.6) is 0 Å². The summed E-state index contributed by atoms with van der Waals surface area (Å²) >= 11 is 1.41. The third-order valence-corrected chi connectivity index (χ3v) is 5.28. The van der Waals surface area contributed by atoms with Crippen LogP contribution >= 0.6 is 11.3 Å². The standard InChI is InChI=1S/C15H11N3OS.C7H10N2O.C3H9N/c19-10-17-15-18-14(9-20-15)13-3-1-2-12(8-13)11-4-6-16-7-5-11;8-2-4-9-3-1-7(5-9)6-10;1-3-4-2/h1-10H,(H,17,18,19);1,3,5-6H,2,4,8H2;4H,3H2,1-2H3. The van der Waals surface area contributed by atoms with Crippen molar-refractivity contribution in [2.24, 2.45) is 5.73 Å². The molecule has 0 saturated heterocycles. The van der Waals surface area contributed by atoms with Gasteiger partial charge >= 0.3 is 0 Å². The van der Waals surface area contributed by atoms with Crippen LogP contribution in [0.3, 0.4) is 0 Å². The Morgan fingerprint density at radius 2 is 1.82 bits per heavy atom. The van der Waals surface area contributed by atoms with Crippen LogP contribution in [0.25, 0.3) is 22.4 Å². The first-order valence-corrected chi connectivity index (χ1v) is 11.6. The second-order valence-corrected chi connectivity index (χ2v) is 7.77. The molecule has 9 heteroatoms. The third kappa shape index (κ3) is 8.70. The van der Waals surface area contributed by atoms with E-state index in [-0.39, 0.29) is 0 Å². The first-order chi connectivity index (χ1) is 16.6. The number of amides is 1. The normalized spacial score (nSPS) is 9.74. The molecule has 0 atom stereocenters. The Morgan fingerprint density at radius 1 is 1.09 bits per heavy atom. The van der Waals surface area contributed by atoms with Gasteiger partial charge in [0, 0.05) is 54.4 Å². The zero-order valence-corrected chi connectivity index (χ0v) is 20.2. The molecular weight excluding hydrogens is 448 g/mol. The number of pyridine rings is 1. The molecule has 0 aliphatic rings. The molecule has 1 aromatic carbocycles. The van der Waals surface area contributed by atoms with Crippen molar-refractivity contribution in [1.29, 1.82) is 0 Å². The molecular formula is C25H30N6O2S. The summed E-state index contributed by atoms with van der Waals surface area (Å²) in [5.74, 6) is 0. The minimum Gasteiger partial charge on any atom is -0.352 e. The van der Waals surface area contributed by atoms with Crippen molar-refractivity contribution in [3.05, 3.63) is 78.2 Å². The highest BCUT2D eigenvalue weighted by Crippen LogP contribution is 2.28. The van der Waals surface area contributed by atoms with Gasteiger partial charge in [-0.1, -0.05) is 25.1 Å². The molecule has 3 aromatic heterocycles. The molecule has 178 valence electrons. The van der Waals surface area contributed by atoms with Gasteiger partial charge in [0.15, 0.2) is 11.4 Å². The maximum absolute atomic E-state index is 10.4. The summed E-state index contributed by atoms with van der Waals surface area (Å²) < 4.78 is 1.89. The Morgan fingerprint density at radius 3 is 2.44 bits per heavy atom. The van der Waals surface area contributed by atoms with E-state index in [9.17, 15) is 9.59 Å². The minimum absolute atomic E-state index is 0.601. The van der Waals surface area contributed by atoms with Crippen molar-refractivity contribution < 1.29 is 9.59 Å². The van der Waals surface area contributed by atoms with Gasteiger partial charge in [-0.25, -0.2) is 4.98 Å². The fourth-order valence-corrected chi connectivity index (χ4v) is 3.42. The molecule has 0 aliphatic carbocycles. The Balaban J connectivity index is 0.000000244. The summed E-state index contributed by atoms with van der Waals surface area (Å²) in [6, 6.07) is 13.8. The summed E-state index contributed by atoms with van der Waals surface area (Å²) in [5, 5.41) is 8.02. The fourth-order valence-electron chi connectivity index (χ4n) is 2.74. The summed E-state index contributed by atoms with van der Waals surface area (Å²) in [6.45, 7) is 4.51. The van der Waals surface area contributed by atoms with E-state index < -0.39 is 0 Å². The van der Waals surface area contributed by atoms with Crippen LogP contribution in [-0.2, 0) is 11.3 Å². The maximum atomic E-state index is 10.4. The Labute approximate surface area is 203 Å². The molecule has 3 heterocycles. The quantitative estimate of drug-likeness (QED) is 0.331. The van der Waals surface area contributed by atoms with Crippen molar-refractivity contribution in [2.75, 3.05) is 25.5 Å². The number of thiazole rings is 1. The molecule has 4 N–H and O–H groups in total. The molecule has 34 heavy (non-hydrogen) atoms. The van der Waals surface area contributed by atoms with E-state index in [1.54, 1.807) is 24.7 Å². The molecule has 0 unspecified atom stereocenters. The summed E-state index contributed by atoms with van der Waals surface area (Å²) in [7, 11) is 1.93. The first kappa shape index (κ1) is 26.6. The van der Waals surface area contributed by atoms with Crippen LogP contribution in [0.2, 0.25) is 0 Å². The molecule has 0 spiro atoms. The van der Waals surface area contributed by atoms with Crippen LogP contribution in [0.15, 0.2) is 72.6 Å². The molecule has 4 rings (SSSR count). The van der Waals surface area contributed by atoms with Gasteiger partial charge < -0.3 is 20.9 Å². The Hall–Kier alpha value is -3.66. The number of carbonyl (C=O) groups is 2. The maximum Gasteiger partial charge on any atom is 0.213 e. The number of benzene rings is 1. The molecule has 0 saturated carbocycles. The monoisotopic (exact) mass is 478 g/mol. The molecule has 4 aromatic rings. The molecule has 0 aliphatic heterocycles. The van der Waals surface area contributed by atoms with Gasteiger partial charge in [-0.15, -0.1) is 11.3 Å². The topological polar surface area (TPSA) is 115 Å². The predicted octanol–water partition coefficient (Wildman–Crippen LogP) is 3.93. The smallest absolute Gasteiger partial charge is 0.213 e.